The van der Waals surface area contributed by atoms with Crippen molar-refractivity contribution in [1.82, 2.24) is 0 Å². The van der Waals surface area contributed by atoms with E-state index in [4.69, 9.17) is 13.3 Å². The van der Waals surface area contributed by atoms with Crippen LogP contribution in [0, 0.1) is 0 Å². The maximum Gasteiger partial charge on any atom is 0.570 e. The molecule has 0 aliphatic heterocycles. The second kappa shape index (κ2) is 8.94. The molecule has 0 aromatic carbocycles. The first-order valence-electron chi connectivity index (χ1n) is 6.20. The van der Waals surface area contributed by atoms with Crippen LogP contribution in [0.4, 0.5) is 0 Å². The zero-order valence-electron chi connectivity index (χ0n) is 12.2. The van der Waals surface area contributed by atoms with Crippen molar-refractivity contribution in [3.8, 4) is 0 Å². The highest BCUT2D eigenvalue weighted by Crippen LogP contribution is 2.82. The Morgan fingerprint density at radius 1 is 0.947 bits per heavy atom. The van der Waals surface area contributed by atoms with Gasteiger partial charge in [-0.25, -0.2) is 0 Å². The molecule has 0 heterocycles. The summed E-state index contributed by atoms with van der Waals surface area (Å²) in [7, 11) is -5.08. The summed E-state index contributed by atoms with van der Waals surface area (Å²) in [6, 6.07) is 0. The summed E-state index contributed by atoms with van der Waals surface area (Å²) in [5, 5.41) is 0. The van der Waals surface area contributed by atoms with Gasteiger partial charge in [0.05, 0.1) is 0 Å². The molecule has 19 heavy (non-hydrogen) atoms. The molecule has 10 heteroatoms. The standard InChI is InChI=1S/C9H25O6P3Si/c1-6-8-18(12,9-7-2)16(10)17(11)19(13-3,14-4)15-5/h16-17H,6-9H2,1-5H3. The molecule has 0 aromatic rings. The molecule has 0 N–H and O–H groups in total. The van der Waals surface area contributed by atoms with E-state index in [1.807, 2.05) is 13.8 Å². The van der Waals surface area contributed by atoms with E-state index in [0.29, 0.717) is 25.2 Å². The molecule has 0 aliphatic carbocycles. The van der Waals surface area contributed by atoms with E-state index in [1.165, 1.54) is 21.3 Å². The summed E-state index contributed by atoms with van der Waals surface area (Å²) in [6.45, 7) is 0.826. The normalized spacial score (nSPS) is 16.3. The Bertz CT molecular complexity index is 353. The number of rotatable bonds is 10. The molecule has 0 aliphatic rings. The van der Waals surface area contributed by atoms with E-state index in [2.05, 4.69) is 0 Å². The summed E-state index contributed by atoms with van der Waals surface area (Å²) in [4.78, 5) is 0. The lowest BCUT2D eigenvalue weighted by molar-refractivity contribution is 0.149. The average Bonchev–Trinajstić information content (AvgIpc) is 2.40. The van der Waals surface area contributed by atoms with Crippen LogP contribution in [0.1, 0.15) is 26.7 Å². The molecule has 116 valence electrons. The van der Waals surface area contributed by atoms with Gasteiger partial charge < -0.3 is 27.0 Å². The summed E-state index contributed by atoms with van der Waals surface area (Å²) < 4.78 is 53.1. The van der Waals surface area contributed by atoms with Crippen molar-refractivity contribution < 1.29 is 27.0 Å². The third-order valence-corrected chi connectivity index (χ3v) is 28.9. The Balaban J connectivity index is 5.37. The van der Waals surface area contributed by atoms with Gasteiger partial charge in [0.15, 0.2) is 7.18 Å². The van der Waals surface area contributed by atoms with E-state index in [9.17, 15) is 13.7 Å². The van der Waals surface area contributed by atoms with E-state index in [0.717, 1.165) is 0 Å². The predicted molar refractivity (Wildman–Crippen MR) is 82.7 cm³/mol. The van der Waals surface area contributed by atoms with Crippen molar-refractivity contribution in [2.75, 3.05) is 33.7 Å². The lowest BCUT2D eigenvalue weighted by Crippen LogP contribution is -2.38. The molecule has 0 spiro atoms. The Morgan fingerprint density at radius 2 is 1.32 bits per heavy atom. The van der Waals surface area contributed by atoms with Crippen LogP contribution in [-0.2, 0) is 27.0 Å². The Hall–Kier alpha value is 0.787. The van der Waals surface area contributed by atoms with Gasteiger partial charge in [-0.2, -0.15) is 0 Å². The minimum Gasteiger partial charge on any atom is -0.372 e. The van der Waals surface area contributed by atoms with Gasteiger partial charge in [-0.1, -0.05) is 13.8 Å². The fourth-order valence-corrected chi connectivity index (χ4v) is 31.4. The van der Waals surface area contributed by atoms with E-state index in [1.54, 1.807) is 0 Å². The molecule has 6 nitrogen and oxygen atoms in total. The average molecular weight is 350 g/mol. The van der Waals surface area contributed by atoms with Gasteiger partial charge in [0.2, 0.25) is 7.04 Å². The minimum atomic E-state index is -3.44. The molecular weight excluding hydrogens is 325 g/mol. The highest BCUT2D eigenvalue weighted by molar-refractivity contribution is 8.60. The summed E-state index contributed by atoms with van der Waals surface area (Å²) >= 11 is 0. The largest absolute Gasteiger partial charge is 0.570 e. The molecule has 0 fully saturated rings. The van der Waals surface area contributed by atoms with E-state index in [-0.39, 0.29) is 0 Å². The lowest BCUT2D eigenvalue weighted by Gasteiger charge is -2.25. The van der Waals surface area contributed by atoms with Crippen LogP contribution in [0.15, 0.2) is 0 Å². The Kier molecular flexibility index (Phi) is 9.31. The van der Waals surface area contributed by atoms with Crippen LogP contribution < -0.4 is 0 Å². The van der Waals surface area contributed by atoms with Crippen molar-refractivity contribution in [1.29, 1.82) is 0 Å². The molecule has 0 rings (SSSR count). The second-order valence-corrected chi connectivity index (χ2v) is 22.8. The molecule has 0 saturated heterocycles. The summed E-state index contributed by atoms with van der Waals surface area (Å²) in [5.41, 5.74) is 0. The zero-order valence-corrected chi connectivity index (χ0v) is 16.1. The molecule has 2 unspecified atom stereocenters. The van der Waals surface area contributed by atoms with Gasteiger partial charge in [-0.05, 0) is 12.8 Å². The van der Waals surface area contributed by atoms with Crippen molar-refractivity contribution in [2.45, 2.75) is 26.7 Å². The fraction of sp³-hybridized carbons (Fsp3) is 1.00. The second-order valence-electron chi connectivity index (χ2n) is 4.14. The third kappa shape index (κ3) is 4.64. The van der Waals surface area contributed by atoms with Crippen LogP contribution in [0.2, 0.25) is 0 Å². The number of hydrogen-bond donors (Lipinski definition) is 0. The van der Waals surface area contributed by atoms with Gasteiger partial charge in [0, 0.05) is 33.7 Å². The van der Waals surface area contributed by atoms with Crippen molar-refractivity contribution in [3.63, 3.8) is 0 Å². The van der Waals surface area contributed by atoms with Crippen LogP contribution in [0.25, 0.3) is 0 Å². The molecule has 2 atom stereocenters. The first kappa shape index (κ1) is 19.8. The monoisotopic (exact) mass is 350 g/mol. The number of hydrogen-bond acceptors (Lipinski definition) is 6. The predicted octanol–water partition coefficient (Wildman–Crippen LogP) is 3.49. The SMILES string of the molecule is CCCP(=O)(CCC)[PH](=O)[PH](=O)[Si](OC)(OC)OC. The molecular formula is C9H25O6P3Si. The quantitative estimate of drug-likeness (QED) is 0.443. The Labute approximate surface area is 117 Å². The van der Waals surface area contributed by atoms with E-state index >= 15 is 0 Å². The zero-order chi connectivity index (χ0) is 15.1. The molecule has 0 radical (unpaired) electrons. The van der Waals surface area contributed by atoms with E-state index < -0.39 is 29.5 Å². The third-order valence-electron chi connectivity index (χ3n) is 2.82. The summed E-state index contributed by atoms with van der Waals surface area (Å²) in [5.74, 6) is 0. The van der Waals surface area contributed by atoms with Crippen LogP contribution in [-0.4, -0.2) is 42.1 Å². The van der Waals surface area contributed by atoms with Crippen LogP contribution >= 0.6 is 21.0 Å². The molecule has 0 saturated carbocycles. The maximum absolute atomic E-state index is 12.8. The lowest BCUT2D eigenvalue weighted by atomic mass is 10.6. The van der Waals surface area contributed by atoms with Gasteiger partial charge in [0.1, 0.15) is 6.83 Å². The maximum atomic E-state index is 12.8. The smallest absolute Gasteiger partial charge is 0.372 e. The Morgan fingerprint density at radius 3 is 1.58 bits per heavy atom. The highest BCUT2D eigenvalue weighted by atomic mass is 32.5. The molecule has 0 aromatic heterocycles. The fourth-order valence-electron chi connectivity index (χ4n) is 1.88. The first-order valence-corrected chi connectivity index (χ1v) is 15.7. The highest BCUT2D eigenvalue weighted by Gasteiger charge is 2.52. The minimum absolute atomic E-state index is 0.358. The topological polar surface area (TPSA) is 78.9 Å². The van der Waals surface area contributed by atoms with Gasteiger partial charge >= 0.3 is 8.47 Å². The van der Waals surface area contributed by atoms with Crippen molar-refractivity contribution in [2.24, 2.45) is 0 Å². The van der Waals surface area contributed by atoms with Crippen molar-refractivity contribution in [3.05, 3.63) is 0 Å². The summed E-state index contributed by atoms with van der Waals surface area (Å²) in [6.07, 6.45) is 2.03. The van der Waals surface area contributed by atoms with Gasteiger partial charge in [-0.3, -0.25) is 0 Å². The van der Waals surface area contributed by atoms with Gasteiger partial charge in [-0.15, -0.1) is 0 Å². The van der Waals surface area contributed by atoms with Gasteiger partial charge in [0.25, 0.3) is 0 Å². The molecule has 0 bridgehead atoms. The first-order chi connectivity index (χ1) is 8.87. The van der Waals surface area contributed by atoms with Crippen molar-refractivity contribution >= 4 is 29.5 Å². The van der Waals surface area contributed by atoms with Crippen LogP contribution in [0.5, 0.6) is 0 Å². The molecule has 0 amide bonds. The van der Waals surface area contributed by atoms with Crippen LogP contribution in [0.3, 0.4) is 0 Å².